The smallest absolute Gasteiger partial charge is 0.250 e. The summed E-state index contributed by atoms with van der Waals surface area (Å²) in [5, 5.41) is 6.80. The van der Waals surface area contributed by atoms with Crippen molar-refractivity contribution in [3.63, 3.8) is 0 Å². The summed E-state index contributed by atoms with van der Waals surface area (Å²) in [6, 6.07) is 12.8. The molecule has 1 heterocycles. The van der Waals surface area contributed by atoms with Crippen LogP contribution >= 0.6 is 35.4 Å². The molecule has 174 valence electrons. The standard InChI is InChI=1S/C24H26Cl2N4O2S/c1-16(2)23(32)30-13-11-29(12-14-30)20-8-6-19(7-9-20)27-24(33)28-22(31)10-4-17-3-5-18(25)15-21(17)26/h3-10,15-16H,11-14H2,1-2H3,(H2,27,28,31,33)/b10-4+. The van der Waals surface area contributed by atoms with Gasteiger partial charge in [0.15, 0.2) is 5.11 Å². The minimum Gasteiger partial charge on any atom is -0.368 e. The Balaban J connectivity index is 1.48. The van der Waals surface area contributed by atoms with E-state index in [1.165, 1.54) is 6.08 Å². The number of carbonyl (C=O) groups is 2. The molecule has 6 nitrogen and oxygen atoms in total. The molecule has 1 aliphatic rings. The molecule has 3 rings (SSSR count). The second-order valence-corrected chi connectivity index (χ2v) is 9.21. The summed E-state index contributed by atoms with van der Waals surface area (Å²) < 4.78 is 0. The number of halogens is 2. The number of nitrogens with one attached hydrogen (secondary N) is 2. The number of thiocarbonyl (C=S) groups is 1. The molecule has 0 unspecified atom stereocenters. The van der Waals surface area contributed by atoms with Gasteiger partial charge in [0, 0.05) is 59.6 Å². The van der Waals surface area contributed by atoms with E-state index in [4.69, 9.17) is 35.4 Å². The van der Waals surface area contributed by atoms with E-state index in [2.05, 4.69) is 15.5 Å². The second kappa shape index (κ2) is 11.5. The van der Waals surface area contributed by atoms with Crippen molar-refractivity contribution in [1.29, 1.82) is 0 Å². The molecule has 1 fully saturated rings. The predicted molar refractivity (Wildman–Crippen MR) is 140 cm³/mol. The Labute approximate surface area is 209 Å². The zero-order chi connectivity index (χ0) is 24.0. The Morgan fingerprint density at radius 1 is 1.03 bits per heavy atom. The molecule has 2 amide bonds. The summed E-state index contributed by atoms with van der Waals surface area (Å²) >= 11 is 17.2. The van der Waals surface area contributed by atoms with Crippen LogP contribution in [0.3, 0.4) is 0 Å². The van der Waals surface area contributed by atoms with Crippen LogP contribution in [0.1, 0.15) is 19.4 Å². The fourth-order valence-electron chi connectivity index (χ4n) is 3.42. The Kier molecular flexibility index (Phi) is 8.72. The summed E-state index contributed by atoms with van der Waals surface area (Å²) in [6.07, 6.45) is 2.95. The van der Waals surface area contributed by atoms with Gasteiger partial charge in [-0.1, -0.05) is 43.1 Å². The molecule has 0 saturated carbocycles. The molecule has 0 radical (unpaired) electrons. The zero-order valence-electron chi connectivity index (χ0n) is 18.5. The van der Waals surface area contributed by atoms with Crippen LogP contribution in [0.15, 0.2) is 48.5 Å². The minimum absolute atomic E-state index is 0.0250. The molecule has 0 aromatic heterocycles. The molecule has 2 N–H and O–H groups in total. The first-order chi connectivity index (χ1) is 15.7. The largest absolute Gasteiger partial charge is 0.368 e. The molecule has 2 aromatic carbocycles. The summed E-state index contributed by atoms with van der Waals surface area (Å²) in [7, 11) is 0. The van der Waals surface area contributed by atoms with Gasteiger partial charge in [-0.15, -0.1) is 0 Å². The molecule has 0 aliphatic carbocycles. The van der Waals surface area contributed by atoms with E-state index in [-0.39, 0.29) is 22.8 Å². The van der Waals surface area contributed by atoms with Gasteiger partial charge >= 0.3 is 0 Å². The lowest BCUT2D eigenvalue weighted by atomic mass is 10.1. The molecule has 0 spiro atoms. The van der Waals surface area contributed by atoms with Gasteiger partial charge in [-0.25, -0.2) is 0 Å². The number of benzene rings is 2. The van der Waals surface area contributed by atoms with Gasteiger partial charge in [0.1, 0.15) is 0 Å². The lowest BCUT2D eigenvalue weighted by Gasteiger charge is -2.37. The van der Waals surface area contributed by atoms with Crippen molar-refractivity contribution in [3.8, 4) is 0 Å². The molecule has 1 saturated heterocycles. The van der Waals surface area contributed by atoms with E-state index in [9.17, 15) is 9.59 Å². The molecular formula is C24H26Cl2N4O2S. The van der Waals surface area contributed by atoms with Gasteiger partial charge in [0.25, 0.3) is 0 Å². The SMILES string of the molecule is CC(C)C(=O)N1CCN(c2ccc(NC(=S)NC(=O)/C=C/c3ccc(Cl)cc3Cl)cc2)CC1. The predicted octanol–water partition coefficient (Wildman–Crippen LogP) is 4.82. The number of hydrogen-bond acceptors (Lipinski definition) is 4. The third-order valence-electron chi connectivity index (χ3n) is 5.19. The average molecular weight is 505 g/mol. The fraction of sp³-hybridized carbons (Fsp3) is 0.292. The van der Waals surface area contributed by atoms with Crippen molar-refractivity contribution in [2.45, 2.75) is 13.8 Å². The molecule has 1 aliphatic heterocycles. The van der Waals surface area contributed by atoms with Crippen LogP contribution in [-0.2, 0) is 9.59 Å². The van der Waals surface area contributed by atoms with E-state index < -0.39 is 0 Å². The summed E-state index contributed by atoms with van der Waals surface area (Å²) in [4.78, 5) is 28.5. The highest BCUT2D eigenvalue weighted by atomic mass is 35.5. The summed E-state index contributed by atoms with van der Waals surface area (Å²) in [6.45, 7) is 6.90. The number of anilines is 2. The maximum absolute atomic E-state index is 12.1. The normalized spacial score (nSPS) is 14.0. The number of hydrogen-bond donors (Lipinski definition) is 2. The van der Waals surface area contributed by atoms with Crippen molar-refractivity contribution in [1.82, 2.24) is 10.2 Å². The average Bonchev–Trinajstić information content (AvgIpc) is 2.78. The molecule has 33 heavy (non-hydrogen) atoms. The summed E-state index contributed by atoms with van der Waals surface area (Å²) in [5.41, 5.74) is 2.53. The Hall–Kier alpha value is -2.61. The first-order valence-corrected chi connectivity index (χ1v) is 11.8. The van der Waals surface area contributed by atoms with Crippen molar-refractivity contribution in [2.24, 2.45) is 5.92 Å². The third-order valence-corrected chi connectivity index (χ3v) is 5.96. The van der Waals surface area contributed by atoms with Crippen molar-refractivity contribution < 1.29 is 9.59 Å². The summed E-state index contributed by atoms with van der Waals surface area (Å²) in [5.74, 6) is -0.142. The van der Waals surface area contributed by atoms with Gasteiger partial charge < -0.3 is 15.1 Å². The maximum Gasteiger partial charge on any atom is 0.250 e. The van der Waals surface area contributed by atoms with E-state index in [1.807, 2.05) is 43.0 Å². The topological polar surface area (TPSA) is 64.7 Å². The third kappa shape index (κ3) is 7.19. The van der Waals surface area contributed by atoms with Gasteiger partial charge in [0.05, 0.1) is 0 Å². The Bertz CT molecular complexity index is 1050. The number of carbonyl (C=O) groups excluding carboxylic acids is 2. The first-order valence-electron chi connectivity index (χ1n) is 10.6. The van der Waals surface area contributed by atoms with E-state index in [1.54, 1.807) is 24.3 Å². The van der Waals surface area contributed by atoms with Crippen LogP contribution in [0.2, 0.25) is 10.0 Å². The fourth-order valence-corrected chi connectivity index (χ4v) is 4.11. The minimum atomic E-state index is -0.371. The van der Waals surface area contributed by atoms with E-state index in [0.717, 1.165) is 37.6 Å². The highest BCUT2D eigenvalue weighted by Crippen LogP contribution is 2.22. The molecule has 0 bridgehead atoms. The van der Waals surface area contributed by atoms with Crippen LogP contribution in [0.25, 0.3) is 6.08 Å². The van der Waals surface area contributed by atoms with Crippen LogP contribution in [-0.4, -0.2) is 48.0 Å². The van der Waals surface area contributed by atoms with Gasteiger partial charge in [-0.2, -0.15) is 0 Å². The zero-order valence-corrected chi connectivity index (χ0v) is 20.8. The van der Waals surface area contributed by atoms with Gasteiger partial charge in [0.2, 0.25) is 11.8 Å². The van der Waals surface area contributed by atoms with Gasteiger partial charge in [-0.05, 0) is 60.3 Å². The molecule has 9 heteroatoms. The highest BCUT2D eigenvalue weighted by molar-refractivity contribution is 7.80. The highest BCUT2D eigenvalue weighted by Gasteiger charge is 2.22. The molecular weight excluding hydrogens is 479 g/mol. The maximum atomic E-state index is 12.1. The molecule has 0 atom stereocenters. The van der Waals surface area contributed by atoms with Crippen molar-refractivity contribution >= 4 is 69.8 Å². The lowest BCUT2D eigenvalue weighted by molar-refractivity contribution is -0.134. The van der Waals surface area contributed by atoms with E-state index >= 15 is 0 Å². The second-order valence-electron chi connectivity index (χ2n) is 7.96. The number of piperazine rings is 1. The monoisotopic (exact) mass is 504 g/mol. The number of amides is 2. The first kappa shape index (κ1) is 25.0. The van der Waals surface area contributed by atoms with E-state index in [0.29, 0.717) is 15.6 Å². The van der Waals surface area contributed by atoms with Crippen LogP contribution in [0, 0.1) is 5.92 Å². The van der Waals surface area contributed by atoms with Crippen LogP contribution < -0.4 is 15.5 Å². The quantitative estimate of drug-likeness (QED) is 0.451. The number of rotatable bonds is 5. The van der Waals surface area contributed by atoms with Gasteiger partial charge in [-0.3, -0.25) is 14.9 Å². The van der Waals surface area contributed by atoms with Crippen LogP contribution in [0.4, 0.5) is 11.4 Å². The lowest BCUT2D eigenvalue weighted by Crippen LogP contribution is -2.49. The number of nitrogens with zero attached hydrogens (tertiary/aromatic N) is 2. The van der Waals surface area contributed by atoms with Crippen LogP contribution in [0.5, 0.6) is 0 Å². The van der Waals surface area contributed by atoms with Crippen molar-refractivity contribution in [3.05, 3.63) is 64.1 Å². The molecule has 2 aromatic rings. The Morgan fingerprint density at radius 2 is 1.70 bits per heavy atom. The van der Waals surface area contributed by atoms with Crippen molar-refractivity contribution in [2.75, 3.05) is 36.4 Å². The Morgan fingerprint density at radius 3 is 2.30 bits per heavy atom.